The minimum atomic E-state index is 0.817. The van der Waals surface area contributed by atoms with E-state index in [1.54, 1.807) is 0 Å². The molecule has 0 spiro atoms. The Kier molecular flexibility index (Phi) is 1.26. The molecule has 0 amide bonds. The van der Waals surface area contributed by atoms with Gasteiger partial charge in [0.1, 0.15) is 0 Å². The SMILES string of the molecule is C[C@H]1NC[C@H]2CCC[C@H]21. The van der Waals surface area contributed by atoms with E-state index in [-0.39, 0.29) is 0 Å². The van der Waals surface area contributed by atoms with Crippen LogP contribution in [0.1, 0.15) is 26.2 Å². The number of rotatable bonds is 0. The van der Waals surface area contributed by atoms with Crippen LogP contribution in [0.2, 0.25) is 0 Å². The Morgan fingerprint density at radius 2 is 2.22 bits per heavy atom. The molecule has 1 N–H and O–H groups in total. The smallest absolute Gasteiger partial charge is 0.00702 e. The number of hydrogen-bond donors (Lipinski definition) is 1. The summed E-state index contributed by atoms with van der Waals surface area (Å²) in [6, 6.07) is 0.817. The molecule has 0 aromatic carbocycles. The lowest BCUT2D eigenvalue weighted by Gasteiger charge is -2.11. The Morgan fingerprint density at radius 3 is 3.00 bits per heavy atom. The average Bonchev–Trinajstić information content (AvgIpc) is 2.35. The molecule has 1 saturated heterocycles. The molecule has 9 heavy (non-hydrogen) atoms. The van der Waals surface area contributed by atoms with Gasteiger partial charge in [-0.1, -0.05) is 6.42 Å². The van der Waals surface area contributed by atoms with Crippen LogP contribution in [0.15, 0.2) is 0 Å². The van der Waals surface area contributed by atoms with Gasteiger partial charge in [0.25, 0.3) is 0 Å². The second-order valence-corrected chi connectivity index (χ2v) is 3.55. The highest BCUT2D eigenvalue weighted by Crippen LogP contribution is 2.37. The lowest BCUT2D eigenvalue weighted by atomic mass is 9.95. The van der Waals surface area contributed by atoms with Crippen LogP contribution in [0.5, 0.6) is 0 Å². The fraction of sp³-hybridized carbons (Fsp3) is 1.00. The van der Waals surface area contributed by atoms with Crippen molar-refractivity contribution in [3.05, 3.63) is 0 Å². The molecule has 1 heterocycles. The standard InChI is InChI=1S/C8H15N/c1-6-8-4-2-3-7(8)5-9-6/h6-9H,2-5H2,1H3/t6-,7-,8+/m1/s1. The van der Waals surface area contributed by atoms with Crippen LogP contribution < -0.4 is 5.32 Å². The van der Waals surface area contributed by atoms with Crippen LogP contribution in [0, 0.1) is 11.8 Å². The van der Waals surface area contributed by atoms with Gasteiger partial charge < -0.3 is 5.32 Å². The van der Waals surface area contributed by atoms with Gasteiger partial charge in [0.15, 0.2) is 0 Å². The summed E-state index contributed by atoms with van der Waals surface area (Å²) in [5.41, 5.74) is 0. The van der Waals surface area contributed by atoms with Crippen molar-refractivity contribution in [1.29, 1.82) is 0 Å². The molecule has 1 aliphatic heterocycles. The lowest BCUT2D eigenvalue weighted by Crippen LogP contribution is -2.22. The van der Waals surface area contributed by atoms with Gasteiger partial charge in [0.2, 0.25) is 0 Å². The van der Waals surface area contributed by atoms with Gasteiger partial charge >= 0.3 is 0 Å². The summed E-state index contributed by atoms with van der Waals surface area (Å²) in [6.07, 6.45) is 4.46. The third kappa shape index (κ3) is 0.787. The maximum Gasteiger partial charge on any atom is 0.00702 e. The first-order valence-electron chi connectivity index (χ1n) is 4.11. The highest BCUT2D eigenvalue weighted by molar-refractivity contribution is 4.91. The normalized spacial score (nSPS) is 49.7. The molecule has 2 aliphatic rings. The van der Waals surface area contributed by atoms with Gasteiger partial charge in [0, 0.05) is 6.04 Å². The van der Waals surface area contributed by atoms with E-state index in [4.69, 9.17) is 0 Å². The molecule has 1 aliphatic carbocycles. The quantitative estimate of drug-likeness (QED) is 0.516. The fourth-order valence-corrected chi connectivity index (χ4v) is 2.47. The summed E-state index contributed by atoms with van der Waals surface area (Å²) in [5, 5.41) is 3.52. The molecule has 1 nitrogen and oxygen atoms in total. The maximum atomic E-state index is 3.52. The van der Waals surface area contributed by atoms with Crippen molar-refractivity contribution >= 4 is 0 Å². The molecule has 2 fully saturated rings. The Labute approximate surface area is 56.8 Å². The third-order valence-corrected chi connectivity index (χ3v) is 3.06. The van der Waals surface area contributed by atoms with Gasteiger partial charge in [-0.25, -0.2) is 0 Å². The van der Waals surface area contributed by atoms with Gasteiger partial charge in [-0.05, 0) is 38.1 Å². The molecule has 3 atom stereocenters. The van der Waals surface area contributed by atoms with Crippen LogP contribution >= 0.6 is 0 Å². The van der Waals surface area contributed by atoms with Gasteiger partial charge in [-0.3, -0.25) is 0 Å². The summed E-state index contributed by atoms with van der Waals surface area (Å²) < 4.78 is 0. The van der Waals surface area contributed by atoms with Crippen molar-refractivity contribution in [2.45, 2.75) is 32.2 Å². The number of nitrogens with one attached hydrogen (secondary N) is 1. The predicted octanol–water partition coefficient (Wildman–Crippen LogP) is 1.39. The van der Waals surface area contributed by atoms with E-state index in [1.807, 2.05) is 0 Å². The predicted molar refractivity (Wildman–Crippen MR) is 38.3 cm³/mol. The topological polar surface area (TPSA) is 12.0 Å². The lowest BCUT2D eigenvalue weighted by molar-refractivity contribution is 0.432. The van der Waals surface area contributed by atoms with E-state index in [0.29, 0.717) is 0 Å². The molecule has 0 radical (unpaired) electrons. The summed E-state index contributed by atoms with van der Waals surface area (Å²) in [6.45, 7) is 3.63. The highest BCUT2D eigenvalue weighted by atomic mass is 15.0. The molecule has 1 saturated carbocycles. The zero-order valence-electron chi connectivity index (χ0n) is 6.06. The van der Waals surface area contributed by atoms with E-state index in [0.717, 1.165) is 17.9 Å². The highest BCUT2D eigenvalue weighted by Gasteiger charge is 2.35. The van der Waals surface area contributed by atoms with Crippen LogP contribution in [-0.4, -0.2) is 12.6 Å². The van der Waals surface area contributed by atoms with E-state index in [1.165, 1.54) is 25.8 Å². The summed E-state index contributed by atoms with van der Waals surface area (Å²) >= 11 is 0. The Balaban J connectivity index is 2.07. The summed E-state index contributed by atoms with van der Waals surface area (Å²) in [5.74, 6) is 2.07. The minimum absolute atomic E-state index is 0.817. The first-order valence-corrected chi connectivity index (χ1v) is 4.11. The minimum Gasteiger partial charge on any atom is -0.314 e. The van der Waals surface area contributed by atoms with Crippen LogP contribution in [0.4, 0.5) is 0 Å². The second-order valence-electron chi connectivity index (χ2n) is 3.55. The second kappa shape index (κ2) is 1.98. The molecule has 0 unspecified atom stereocenters. The van der Waals surface area contributed by atoms with Crippen molar-refractivity contribution < 1.29 is 0 Å². The Hall–Kier alpha value is -0.0400. The van der Waals surface area contributed by atoms with Gasteiger partial charge in [-0.15, -0.1) is 0 Å². The number of fused-ring (bicyclic) bond motifs is 1. The zero-order valence-corrected chi connectivity index (χ0v) is 6.06. The fourth-order valence-electron chi connectivity index (χ4n) is 2.47. The molecule has 0 aromatic rings. The average molecular weight is 125 g/mol. The van der Waals surface area contributed by atoms with Crippen LogP contribution in [-0.2, 0) is 0 Å². The van der Waals surface area contributed by atoms with Crippen molar-refractivity contribution in [1.82, 2.24) is 5.32 Å². The third-order valence-electron chi connectivity index (χ3n) is 3.06. The monoisotopic (exact) mass is 125 g/mol. The zero-order chi connectivity index (χ0) is 6.27. The molecule has 52 valence electrons. The van der Waals surface area contributed by atoms with Gasteiger partial charge in [-0.2, -0.15) is 0 Å². The van der Waals surface area contributed by atoms with E-state index < -0.39 is 0 Å². The summed E-state index contributed by atoms with van der Waals surface area (Å²) in [4.78, 5) is 0. The van der Waals surface area contributed by atoms with E-state index in [9.17, 15) is 0 Å². The van der Waals surface area contributed by atoms with E-state index in [2.05, 4.69) is 12.2 Å². The molecule has 2 rings (SSSR count). The molecule has 1 heteroatoms. The number of hydrogen-bond acceptors (Lipinski definition) is 1. The Bertz CT molecular complexity index is 111. The van der Waals surface area contributed by atoms with E-state index >= 15 is 0 Å². The maximum absolute atomic E-state index is 3.52. The van der Waals surface area contributed by atoms with Gasteiger partial charge in [0.05, 0.1) is 0 Å². The van der Waals surface area contributed by atoms with Crippen molar-refractivity contribution in [3.63, 3.8) is 0 Å². The first kappa shape index (κ1) is 5.72. The first-order chi connectivity index (χ1) is 4.38. The van der Waals surface area contributed by atoms with Crippen LogP contribution in [0.25, 0.3) is 0 Å². The van der Waals surface area contributed by atoms with Crippen molar-refractivity contribution in [2.75, 3.05) is 6.54 Å². The molecular formula is C8H15N. The summed E-state index contributed by atoms with van der Waals surface area (Å²) in [7, 11) is 0. The molecular weight excluding hydrogens is 110 g/mol. The molecule has 0 aromatic heterocycles. The van der Waals surface area contributed by atoms with Crippen LogP contribution in [0.3, 0.4) is 0 Å². The largest absolute Gasteiger partial charge is 0.314 e. The Morgan fingerprint density at radius 1 is 1.33 bits per heavy atom. The van der Waals surface area contributed by atoms with Crippen molar-refractivity contribution in [3.8, 4) is 0 Å². The molecule has 0 bridgehead atoms. The van der Waals surface area contributed by atoms with Crippen molar-refractivity contribution in [2.24, 2.45) is 11.8 Å².